The maximum absolute atomic E-state index is 13.0. The van der Waals surface area contributed by atoms with Gasteiger partial charge in [-0.3, -0.25) is 14.6 Å². The minimum absolute atomic E-state index is 0.111. The van der Waals surface area contributed by atoms with Gasteiger partial charge in [-0.05, 0) is 54.8 Å². The number of carbonyl (C=O) groups is 2. The number of nitrogens with zero attached hydrogens (tertiary/aromatic N) is 2. The molecule has 1 saturated heterocycles. The Balaban J connectivity index is 1.46. The minimum Gasteiger partial charge on any atom is -0.484 e. The van der Waals surface area contributed by atoms with Gasteiger partial charge in [0.15, 0.2) is 6.61 Å². The third-order valence-electron chi connectivity index (χ3n) is 5.26. The Bertz CT molecular complexity index is 1050. The molecule has 4 rings (SSSR count). The molecule has 32 heavy (non-hydrogen) atoms. The Kier molecular flexibility index (Phi) is 6.97. The molecule has 0 radical (unpaired) electrons. The summed E-state index contributed by atoms with van der Waals surface area (Å²) in [5.41, 5.74) is 2.90. The first-order chi connectivity index (χ1) is 15.7. The topological polar surface area (TPSA) is 83.6 Å². The predicted molar refractivity (Wildman–Crippen MR) is 124 cm³/mol. The van der Waals surface area contributed by atoms with Crippen molar-refractivity contribution in [1.82, 2.24) is 10.3 Å². The number of aromatic nitrogens is 1. The molecule has 2 aromatic carbocycles. The van der Waals surface area contributed by atoms with Crippen LogP contribution in [0.5, 0.6) is 5.75 Å². The quantitative estimate of drug-likeness (QED) is 0.570. The molecule has 0 unspecified atom stereocenters. The van der Waals surface area contributed by atoms with Crippen molar-refractivity contribution in [3.63, 3.8) is 0 Å². The third kappa shape index (κ3) is 5.63. The molecule has 1 aliphatic heterocycles. The summed E-state index contributed by atoms with van der Waals surface area (Å²) in [5, 5.41) is 5.79. The van der Waals surface area contributed by atoms with Crippen LogP contribution in [0.1, 0.15) is 28.8 Å². The summed E-state index contributed by atoms with van der Waals surface area (Å²) >= 11 is 0. The van der Waals surface area contributed by atoms with Gasteiger partial charge in [0.05, 0.1) is 5.56 Å². The molecule has 2 heterocycles. The van der Waals surface area contributed by atoms with Crippen LogP contribution in [0.25, 0.3) is 0 Å². The van der Waals surface area contributed by atoms with E-state index < -0.39 is 0 Å². The first-order valence-electron chi connectivity index (χ1n) is 10.7. The number of nitrogens with one attached hydrogen (secondary N) is 2. The summed E-state index contributed by atoms with van der Waals surface area (Å²) in [7, 11) is 0. The Morgan fingerprint density at radius 2 is 1.81 bits per heavy atom. The highest BCUT2D eigenvalue weighted by molar-refractivity contribution is 6.02. The lowest BCUT2D eigenvalue weighted by Crippen LogP contribution is -2.28. The molecule has 2 N–H and O–H groups in total. The van der Waals surface area contributed by atoms with Gasteiger partial charge in [-0.1, -0.05) is 24.3 Å². The maximum Gasteiger partial charge on any atom is 0.262 e. The molecular weight excluding hydrogens is 404 g/mol. The zero-order valence-electron chi connectivity index (χ0n) is 17.8. The molecule has 0 atom stereocenters. The van der Waals surface area contributed by atoms with E-state index in [9.17, 15) is 9.59 Å². The van der Waals surface area contributed by atoms with Crippen LogP contribution in [-0.2, 0) is 11.3 Å². The van der Waals surface area contributed by atoms with Gasteiger partial charge in [-0.2, -0.15) is 0 Å². The summed E-state index contributed by atoms with van der Waals surface area (Å²) in [6, 6.07) is 18.4. The fourth-order valence-electron chi connectivity index (χ4n) is 3.67. The van der Waals surface area contributed by atoms with E-state index in [0.29, 0.717) is 23.5 Å². The van der Waals surface area contributed by atoms with E-state index in [2.05, 4.69) is 20.5 Å². The fourth-order valence-corrected chi connectivity index (χ4v) is 3.67. The van der Waals surface area contributed by atoms with Gasteiger partial charge in [0.1, 0.15) is 5.75 Å². The SMILES string of the molecule is O=C(COc1ccccc1)Nc1ccc(N2CCCC2)c(C(=O)NCc2cccnc2)c1. The van der Waals surface area contributed by atoms with E-state index in [-0.39, 0.29) is 18.4 Å². The van der Waals surface area contributed by atoms with Crippen LogP contribution in [0.15, 0.2) is 73.1 Å². The van der Waals surface area contributed by atoms with E-state index >= 15 is 0 Å². The second-order valence-corrected chi connectivity index (χ2v) is 7.62. The van der Waals surface area contributed by atoms with Crippen LogP contribution < -0.4 is 20.3 Å². The van der Waals surface area contributed by atoms with Gasteiger partial charge in [0.2, 0.25) is 0 Å². The highest BCUT2D eigenvalue weighted by atomic mass is 16.5. The van der Waals surface area contributed by atoms with Crippen molar-refractivity contribution >= 4 is 23.2 Å². The van der Waals surface area contributed by atoms with Crippen molar-refractivity contribution < 1.29 is 14.3 Å². The molecule has 0 aliphatic carbocycles. The number of amides is 2. The molecule has 0 bridgehead atoms. The highest BCUT2D eigenvalue weighted by Crippen LogP contribution is 2.27. The number of anilines is 2. The number of hydrogen-bond acceptors (Lipinski definition) is 5. The van der Waals surface area contributed by atoms with Gasteiger partial charge in [-0.25, -0.2) is 0 Å². The number of benzene rings is 2. The van der Waals surface area contributed by atoms with Crippen LogP contribution in [0.3, 0.4) is 0 Å². The molecule has 7 nitrogen and oxygen atoms in total. The first kappa shape index (κ1) is 21.4. The lowest BCUT2D eigenvalue weighted by Gasteiger charge is -2.22. The second-order valence-electron chi connectivity index (χ2n) is 7.62. The molecular formula is C25H26N4O3. The van der Waals surface area contributed by atoms with E-state index in [1.165, 1.54) is 0 Å². The summed E-state index contributed by atoms with van der Waals surface area (Å²) in [4.78, 5) is 31.7. The Labute approximate surface area is 187 Å². The van der Waals surface area contributed by atoms with E-state index in [1.54, 1.807) is 30.6 Å². The Morgan fingerprint density at radius 3 is 2.56 bits per heavy atom. The molecule has 164 valence electrons. The number of ether oxygens (including phenoxy) is 1. The lowest BCUT2D eigenvalue weighted by molar-refractivity contribution is -0.118. The number of pyridine rings is 1. The second kappa shape index (κ2) is 10.4. The fraction of sp³-hybridized carbons (Fsp3) is 0.240. The van der Waals surface area contributed by atoms with Crippen LogP contribution in [0.2, 0.25) is 0 Å². The van der Waals surface area contributed by atoms with Crippen molar-refractivity contribution in [2.75, 3.05) is 29.9 Å². The number of hydrogen-bond donors (Lipinski definition) is 2. The van der Waals surface area contributed by atoms with E-state index in [0.717, 1.165) is 37.2 Å². The van der Waals surface area contributed by atoms with Gasteiger partial charge in [0.25, 0.3) is 11.8 Å². The van der Waals surface area contributed by atoms with Crippen LogP contribution in [0.4, 0.5) is 11.4 Å². The normalized spacial score (nSPS) is 12.9. The van der Waals surface area contributed by atoms with Gasteiger partial charge in [-0.15, -0.1) is 0 Å². The Hall–Kier alpha value is -3.87. The monoisotopic (exact) mass is 430 g/mol. The first-order valence-corrected chi connectivity index (χ1v) is 10.7. The smallest absolute Gasteiger partial charge is 0.262 e. The standard InChI is InChI=1S/C25H26N4O3/c30-24(18-32-21-8-2-1-3-9-21)28-20-10-11-23(29-13-4-5-14-29)22(15-20)25(31)27-17-19-7-6-12-26-16-19/h1-3,6-12,15-16H,4-5,13-14,17-18H2,(H,27,31)(H,28,30). The maximum atomic E-state index is 13.0. The molecule has 0 spiro atoms. The number of rotatable bonds is 8. The summed E-state index contributed by atoms with van der Waals surface area (Å²) in [6.45, 7) is 2.10. The van der Waals surface area contributed by atoms with Crippen molar-refractivity contribution in [3.8, 4) is 5.75 Å². The number of carbonyl (C=O) groups excluding carboxylic acids is 2. The van der Waals surface area contributed by atoms with Crippen LogP contribution in [0, 0.1) is 0 Å². The zero-order chi connectivity index (χ0) is 22.2. The molecule has 1 aliphatic rings. The van der Waals surface area contributed by atoms with Crippen molar-refractivity contribution in [2.24, 2.45) is 0 Å². The number of para-hydroxylation sites is 1. The van der Waals surface area contributed by atoms with Crippen LogP contribution >= 0.6 is 0 Å². The molecule has 3 aromatic rings. The summed E-state index contributed by atoms with van der Waals surface area (Å²) < 4.78 is 5.50. The van der Waals surface area contributed by atoms with E-state index in [1.807, 2.05) is 42.5 Å². The summed E-state index contributed by atoms with van der Waals surface area (Å²) in [6.07, 6.45) is 5.63. The van der Waals surface area contributed by atoms with Gasteiger partial charge < -0.3 is 20.3 Å². The van der Waals surface area contributed by atoms with Crippen molar-refractivity contribution in [3.05, 3.63) is 84.2 Å². The molecule has 1 aromatic heterocycles. The van der Waals surface area contributed by atoms with E-state index in [4.69, 9.17) is 4.74 Å². The molecule has 0 saturated carbocycles. The minimum atomic E-state index is -0.288. The summed E-state index contributed by atoms with van der Waals surface area (Å²) in [5.74, 6) is 0.152. The van der Waals surface area contributed by atoms with Gasteiger partial charge in [0, 0.05) is 43.4 Å². The van der Waals surface area contributed by atoms with Crippen molar-refractivity contribution in [1.29, 1.82) is 0 Å². The third-order valence-corrected chi connectivity index (χ3v) is 5.26. The lowest BCUT2D eigenvalue weighted by atomic mass is 10.1. The van der Waals surface area contributed by atoms with Crippen molar-refractivity contribution in [2.45, 2.75) is 19.4 Å². The Morgan fingerprint density at radius 1 is 1.00 bits per heavy atom. The van der Waals surface area contributed by atoms with Crippen LogP contribution in [-0.4, -0.2) is 36.5 Å². The zero-order valence-corrected chi connectivity index (χ0v) is 17.8. The average Bonchev–Trinajstić information content (AvgIpc) is 3.37. The molecule has 2 amide bonds. The molecule has 1 fully saturated rings. The largest absolute Gasteiger partial charge is 0.484 e. The molecule has 7 heteroatoms. The predicted octanol–water partition coefficient (Wildman–Crippen LogP) is 3.63. The average molecular weight is 431 g/mol. The highest BCUT2D eigenvalue weighted by Gasteiger charge is 2.20. The van der Waals surface area contributed by atoms with Gasteiger partial charge >= 0.3 is 0 Å².